The first-order valence-electron chi connectivity index (χ1n) is 6.14. The predicted molar refractivity (Wildman–Crippen MR) is 70.8 cm³/mol. The minimum Gasteiger partial charge on any atom is -0.488 e. The van der Waals surface area contributed by atoms with Crippen LogP contribution in [0.5, 0.6) is 5.75 Å². The second kappa shape index (κ2) is 5.08. The summed E-state index contributed by atoms with van der Waals surface area (Å²) in [7, 11) is 0. The maximum Gasteiger partial charge on any atom is 0.124 e. The second-order valence-corrected chi connectivity index (χ2v) is 5.46. The number of fused-ring (bicyclic) bond motifs is 1. The Bertz CT molecular complexity index is 525. The molecule has 0 amide bonds. The molecule has 1 aliphatic carbocycles. The third-order valence-electron chi connectivity index (χ3n) is 3.29. The molecule has 0 fully saturated rings. The number of aliphatic hydroxyl groups is 1. The quantitative estimate of drug-likeness (QED) is 0.923. The first-order chi connectivity index (χ1) is 8.84. The summed E-state index contributed by atoms with van der Waals surface area (Å²) in [6.45, 7) is 0.553. The van der Waals surface area contributed by atoms with Crippen LogP contribution in [0.3, 0.4) is 0 Å². The molecule has 3 rings (SSSR count). The van der Waals surface area contributed by atoms with Gasteiger partial charge in [-0.3, -0.25) is 4.98 Å². The van der Waals surface area contributed by atoms with E-state index in [1.54, 1.807) is 11.3 Å². The number of hydrogen-bond donors (Lipinski definition) is 1. The summed E-state index contributed by atoms with van der Waals surface area (Å²) in [5, 5.41) is 9.97. The highest BCUT2D eigenvalue weighted by molar-refractivity contribution is 7.09. The Morgan fingerprint density at radius 1 is 1.44 bits per heavy atom. The van der Waals surface area contributed by atoms with E-state index < -0.39 is 0 Å². The number of ether oxygens (including phenoxy) is 1. The molecule has 18 heavy (non-hydrogen) atoms. The Balaban J connectivity index is 1.82. The van der Waals surface area contributed by atoms with Crippen LogP contribution in [-0.2, 0) is 13.0 Å². The summed E-state index contributed by atoms with van der Waals surface area (Å²) in [5.41, 5.74) is 4.01. The van der Waals surface area contributed by atoms with Crippen LogP contribution in [-0.4, -0.2) is 10.1 Å². The molecule has 1 aromatic heterocycles. The van der Waals surface area contributed by atoms with Crippen molar-refractivity contribution < 1.29 is 9.84 Å². The number of hydrogen-bond acceptors (Lipinski definition) is 4. The van der Waals surface area contributed by atoms with E-state index in [9.17, 15) is 5.11 Å². The van der Waals surface area contributed by atoms with Crippen molar-refractivity contribution >= 4 is 11.3 Å². The average molecular weight is 261 g/mol. The molecule has 0 aliphatic heterocycles. The van der Waals surface area contributed by atoms with Crippen molar-refractivity contribution in [3.05, 3.63) is 45.9 Å². The number of aliphatic hydroxyl groups excluding tert-OH is 1. The zero-order valence-electron chi connectivity index (χ0n) is 10.0. The summed E-state index contributed by atoms with van der Waals surface area (Å²) in [6.07, 6.45) is 4.36. The second-order valence-electron chi connectivity index (χ2n) is 4.49. The van der Waals surface area contributed by atoms with E-state index in [2.05, 4.69) is 4.98 Å². The van der Waals surface area contributed by atoms with E-state index in [4.69, 9.17) is 4.74 Å². The minimum absolute atomic E-state index is 0.333. The lowest BCUT2D eigenvalue weighted by atomic mass is 9.89. The van der Waals surface area contributed by atoms with E-state index in [0.29, 0.717) is 6.61 Å². The lowest BCUT2D eigenvalue weighted by Crippen LogP contribution is -2.10. The van der Waals surface area contributed by atoms with Crippen molar-refractivity contribution in [2.75, 3.05) is 0 Å². The largest absolute Gasteiger partial charge is 0.488 e. The normalized spacial score (nSPS) is 18.4. The predicted octanol–water partition coefficient (Wildman–Crippen LogP) is 3.09. The molecule has 0 bridgehead atoms. The van der Waals surface area contributed by atoms with Gasteiger partial charge < -0.3 is 9.84 Å². The fourth-order valence-electron chi connectivity index (χ4n) is 2.39. The molecule has 1 N–H and O–H groups in total. The van der Waals surface area contributed by atoms with Gasteiger partial charge >= 0.3 is 0 Å². The molecule has 0 radical (unpaired) electrons. The van der Waals surface area contributed by atoms with Crippen LogP contribution >= 0.6 is 11.3 Å². The summed E-state index contributed by atoms with van der Waals surface area (Å²) in [5.74, 6) is 0.902. The number of rotatable bonds is 3. The summed E-state index contributed by atoms with van der Waals surface area (Å²) < 4.78 is 5.86. The molecule has 1 aliphatic rings. The Morgan fingerprint density at radius 3 is 3.22 bits per heavy atom. The van der Waals surface area contributed by atoms with Crippen molar-refractivity contribution in [1.82, 2.24) is 4.98 Å². The van der Waals surface area contributed by atoms with Crippen molar-refractivity contribution in [3.8, 4) is 5.75 Å². The van der Waals surface area contributed by atoms with E-state index in [0.717, 1.165) is 35.5 Å². The van der Waals surface area contributed by atoms with Crippen molar-refractivity contribution in [2.24, 2.45) is 0 Å². The summed E-state index contributed by atoms with van der Waals surface area (Å²) >= 11 is 1.59. The van der Waals surface area contributed by atoms with Crippen LogP contribution in [0.4, 0.5) is 0 Å². The van der Waals surface area contributed by atoms with Crippen LogP contribution in [0.25, 0.3) is 0 Å². The molecule has 4 heteroatoms. The Labute approximate surface area is 110 Å². The number of aromatic nitrogens is 1. The van der Waals surface area contributed by atoms with E-state index in [1.165, 1.54) is 5.56 Å². The van der Waals surface area contributed by atoms with Gasteiger partial charge in [0.1, 0.15) is 12.4 Å². The number of benzene rings is 1. The first-order valence-corrected chi connectivity index (χ1v) is 7.02. The molecule has 94 valence electrons. The minimum atomic E-state index is -0.333. The molecule has 3 nitrogen and oxygen atoms in total. The van der Waals surface area contributed by atoms with Crippen LogP contribution in [0.2, 0.25) is 0 Å². The molecule has 1 heterocycles. The van der Waals surface area contributed by atoms with Crippen LogP contribution in [0.1, 0.15) is 34.9 Å². The lowest BCUT2D eigenvalue weighted by Gasteiger charge is -2.23. The van der Waals surface area contributed by atoms with Crippen molar-refractivity contribution in [1.29, 1.82) is 0 Å². The van der Waals surface area contributed by atoms with Crippen LogP contribution in [0.15, 0.2) is 29.9 Å². The van der Waals surface area contributed by atoms with Crippen LogP contribution in [0, 0.1) is 0 Å². The monoisotopic (exact) mass is 261 g/mol. The van der Waals surface area contributed by atoms with Gasteiger partial charge in [-0.05, 0) is 36.5 Å². The Kier molecular flexibility index (Phi) is 3.30. The summed E-state index contributed by atoms with van der Waals surface area (Å²) in [4.78, 5) is 5.15. The molecular formula is C14H15NO2S. The molecule has 1 aromatic carbocycles. The molecule has 0 spiro atoms. The fraction of sp³-hybridized carbons (Fsp3) is 0.357. The maximum absolute atomic E-state index is 9.97. The molecule has 0 saturated heterocycles. The van der Waals surface area contributed by atoms with Gasteiger partial charge in [0.15, 0.2) is 0 Å². The Morgan fingerprint density at radius 2 is 2.39 bits per heavy atom. The van der Waals surface area contributed by atoms with Gasteiger partial charge in [0.2, 0.25) is 0 Å². The van der Waals surface area contributed by atoms with Crippen molar-refractivity contribution in [3.63, 3.8) is 0 Å². The number of thiazole rings is 1. The Hall–Kier alpha value is -1.39. The molecule has 0 saturated carbocycles. The fourth-order valence-corrected chi connectivity index (χ4v) is 2.89. The van der Waals surface area contributed by atoms with Gasteiger partial charge in [-0.2, -0.15) is 0 Å². The average Bonchev–Trinajstić information content (AvgIpc) is 2.90. The zero-order valence-corrected chi connectivity index (χ0v) is 10.8. The zero-order chi connectivity index (χ0) is 12.4. The van der Waals surface area contributed by atoms with Gasteiger partial charge in [0, 0.05) is 6.20 Å². The number of nitrogens with zero attached hydrogens (tertiary/aromatic N) is 1. The summed E-state index contributed by atoms with van der Waals surface area (Å²) in [6, 6.07) is 5.94. The maximum atomic E-state index is 9.97. The smallest absolute Gasteiger partial charge is 0.124 e. The standard InChI is InChI=1S/C14H15NO2S/c16-13-5-1-4-12-11(13)3-2-6-14(12)17-8-10-7-15-9-18-10/h2-3,6-7,9,13,16H,1,4-5,8H2. The molecule has 1 unspecified atom stereocenters. The van der Waals surface area contributed by atoms with E-state index >= 15 is 0 Å². The first kappa shape index (κ1) is 11.7. The van der Waals surface area contributed by atoms with Gasteiger partial charge in [0.05, 0.1) is 16.5 Å². The SMILES string of the molecule is OC1CCCc2c(OCc3cncs3)cccc21. The molecule has 2 aromatic rings. The van der Waals surface area contributed by atoms with E-state index in [-0.39, 0.29) is 6.10 Å². The highest BCUT2D eigenvalue weighted by Gasteiger charge is 2.20. The third-order valence-corrected chi connectivity index (χ3v) is 4.04. The third kappa shape index (κ3) is 2.26. The molecule has 1 atom stereocenters. The van der Waals surface area contributed by atoms with Crippen LogP contribution < -0.4 is 4.74 Å². The van der Waals surface area contributed by atoms with Gasteiger partial charge in [0.25, 0.3) is 0 Å². The van der Waals surface area contributed by atoms with E-state index in [1.807, 2.05) is 29.9 Å². The topological polar surface area (TPSA) is 42.4 Å². The van der Waals surface area contributed by atoms with Gasteiger partial charge in [-0.1, -0.05) is 12.1 Å². The lowest BCUT2D eigenvalue weighted by molar-refractivity contribution is 0.155. The highest BCUT2D eigenvalue weighted by atomic mass is 32.1. The molecular weight excluding hydrogens is 246 g/mol. The van der Waals surface area contributed by atoms with Gasteiger partial charge in [-0.25, -0.2) is 0 Å². The highest BCUT2D eigenvalue weighted by Crippen LogP contribution is 2.35. The van der Waals surface area contributed by atoms with Crippen molar-refractivity contribution in [2.45, 2.75) is 32.0 Å². The van der Waals surface area contributed by atoms with Gasteiger partial charge in [-0.15, -0.1) is 11.3 Å².